The smallest absolute Gasteiger partial charge is 0.303 e. The van der Waals surface area contributed by atoms with Crippen LogP contribution in [0.3, 0.4) is 0 Å². The van der Waals surface area contributed by atoms with Crippen LogP contribution in [-0.4, -0.2) is 29.4 Å². The maximum Gasteiger partial charge on any atom is 0.303 e. The Hall–Kier alpha value is -2.37. The van der Waals surface area contributed by atoms with E-state index < -0.39 is 5.97 Å². The number of carboxylic acid groups (broad SMARTS) is 1. The number of carbonyl (C=O) groups is 3. The van der Waals surface area contributed by atoms with Gasteiger partial charge in [-0.15, -0.1) is 0 Å². The molecule has 0 spiro atoms. The Morgan fingerprint density at radius 3 is 2.78 bits per heavy atom. The van der Waals surface area contributed by atoms with Crippen LogP contribution in [0.25, 0.3) is 0 Å². The number of hydrogen-bond donors (Lipinski definition) is 3. The van der Waals surface area contributed by atoms with E-state index in [4.69, 9.17) is 5.11 Å². The van der Waals surface area contributed by atoms with Gasteiger partial charge in [-0.3, -0.25) is 14.4 Å². The number of para-hydroxylation sites is 1. The zero-order valence-electron chi connectivity index (χ0n) is 13.0. The molecule has 0 aromatic heterocycles. The van der Waals surface area contributed by atoms with Gasteiger partial charge in [0.1, 0.15) is 0 Å². The predicted octanol–water partition coefficient (Wildman–Crippen LogP) is 1.95. The van der Waals surface area contributed by atoms with Gasteiger partial charge in [0.2, 0.25) is 11.8 Å². The van der Waals surface area contributed by atoms with Gasteiger partial charge in [0.25, 0.3) is 0 Å². The van der Waals surface area contributed by atoms with Crippen LogP contribution in [0, 0.1) is 5.92 Å². The van der Waals surface area contributed by atoms with E-state index in [1.807, 2.05) is 24.3 Å². The van der Waals surface area contributed by atoms with E-state index in [1.54, 1.807) is 0 Å². The predicted molar refractivity (Wildman–Crippen MR) is 86.0 cm³/mol. The van der Waals surface area contributed by atoms with Crippen molar-refractivity contribution in [2.75, 3.05) is 11.9 Å². The van der Waals surface area contributed by atoms with Crippen molar-refractivity contribution in [2.24, 2.45) is 5.92 Å². The van der Waals surface area contributed by atoms with Crippen molar-refractivity contribution >= 4 is 23.5 Å². The van der Waals surface area contributed by atoms with E-state index in [-0.39, 0.29) is 24.2 Å². The van der Waals surface area contributed by atoms with Crippen LogP contribution in [0.15, 0.2) is 24.3 Å². The highest BCUT2D eigenvalue weighted by atomic mass is 16.4. The Labute approximate surface area is 135 Å². The Morgan fingerprint density at radius 1 is 1.22 bits per heavy atom. The molecule has 0 aliphatic carbocycles. The number of rotatable bonds is 8. The molecule has 0 bridgehead atoms. The molecule has 1 aliphatic rings. The Morgan fingerprint density at radius 2 is 2.00 bits per heavy atom. The molecule has 0 saturated heterocycles. The van der Waals surface area contributed by atoms with Crippen LogP contribution in [0.2, 0.25) is 0 Å². The van der Waals surface area contributed by atoms with E-state index in [0.717, 1.165) is 11.3 Å². The normalized spacial score (nSPS) is 16.3. The zero-order chi connectivity index (χ0) is 16.7. The quantitative estimate of drug-likeness (QED) is 0.638. The van der Waals surface area contributed by atoms with Gasteiger partial charge in [-0.25, -0.2) is 0 Å². The van der Waals surface area contributed by atoms with Gasteiger partial charge in [0.05, 0.1) is 0 Å². The van der Waals surface area contributed by atoms with Gasteiger partial charge in [0, 0.05) is 31.0 Å². The molecule has 23 heavy (non-hydrogen) atoms. The van der Waals surface area contributed by atoms with E-state index >= 15 is 0 Å². The highest BCUT2D eigenvalue weighted by molar-refractivity contribution is 5.96. The van der Waals surface area contributed by atoms with Crippen molar-refractivity contribution in [3.63, 3.8) is 0 Å². The third kappa shape index (κ3) is 5.39. The third-order valence-corrected chi connectivity index (χ3v) is 3.97. The molecule has 1 unspecified atom stereocenters. The Kier molecular flexibility index (Phi) is 6.14. The lowest BCUT2D eigenvalue weighted by molar-refractivity contribution is -0.137. The minimum absolute atomic E-state index is 0.0297. The van der Waals surface area contributed by atoms with Crippen LogP contribution in [0.1, 0.15) is 37.7 Å². The number of benzene rings is 1. The number of carbonyl (C=O) groups excluding carboxylic acids is 2. The summed E-state index contributed by atoms with van der Waals surface area (Å²) < 4.78 is 0. The molecule has 1 aliphatic heterocycles. The summed E-state index contributed by atoms with van der Waals surface area (Å²) in [7, 11) is 0. The summed E-state index contributed by atoms with van der Waals surface area (Å²) in [4.78, 5) is 34.2. The number of unbranched alkanes of at least 4 members (excludes halogenated alkanes) is 1. The summed E-state index contributed by atoms with van der Waals surface area (Å²) in [6.07, 6.45) is 2.80. The number of aliphatic carboxylic acids is 1. The average Bonchev–Trinajstić information content (AvgIpc) is 2.52. The number of hydrogen-bond acceptors (Lipinski definition) is 3. The minimum atomic E-state index is -0.820. The number of amides is 2. The van der Waals surface area contributed by atoms with Crippen molar-refractivity contribution in [3.05, 3.63) is 29.8 Å². The van der Waals surface area contributed by atoms with Crippen molar-refractivity contribution < 1.29 is 19.5 Å². The second-order valence-electron chi connectivity index (χ2n) is 5.79. The molecule has 2 amide bonds. The lowest BCUT2D eigenvalue weighted by Crippen LogP contribution is -2.32. The molecule has 6 heteroatoms. The molecule has 2 rings (SSSR count). The summed E-state index contributed by atoms with van der Waals surface area (Å²) in [6, 6.07) is 7.70. The fraction of sp³-hybridized carbons (Fsp3) is 0.471. The SMILES string of the molecule is O=C(O)CCCCNC(=O)CCC1Cc2ccccc2NC1=O. The van der Waals surface area contributed by atoms with E-state index in [9.17, 15) is 14.4 Å². The van der Waals surface area contributed by atoms with Gasteiger partial charge in [-0.1, -0.05) is 18.2 Å². The zero-order valence-corrected chi connectivity index (χ0v) is 13.0. The van der Waals surface area contributed by atoms with E-state index in [2.05, 4.69) is 10.6 Å². The first-order valence-electron chi connectivity index (χ1n) is 7.93. The molecule has 1 aromatic rings. The maximum atomic E-state index is 12.0. The van der Waals surface area contributed by atoms with Gasteiger partial charge >= 0.3 is 5.97 Å². The summed E-state index contributed by atoms with van der Waals surface area (Å²) in [5.41, 5.74) is 1.96. The van der Waals surface area contributed by atoms with Gasteiger partial charge in [-0.05, 0) is 37.3 Å². The van der Waals surface area contributed by atoms with Crippen molar-refractivity contribution in [3.8, 4) is 0 Å². The lowest BCUT2D eigenvalue weighted by Gasteiger charge is -2.24. The van der Waals surface area contributed by atoms with Gasteiger partial charge in [-0.2, -0.15) is 0 Å². The molecule has 0 saturated carbocycles. The molecule has 124 valence electrons. The highest BCUT2D eigenvalue weighted by Crippen LogP contribution is 2.27. The summed E-state index contributed by atoms with van der Waals surface area (Å²) >= 11 is 0. The van der Waals surface area contributed by atoms with Crippen LogP contribution >= 0.6 is 0 Å². The molecule has 1 aromatic carbocycles. The highest BCUT2D eigenvalue weighted by Gasteiger charge is 2.26. The number of carboxylic acids is 1. The Balaban J connectivity index is 1.68. The van der Waals surface area contributed by atoms with Crippen molar-refractivity contribution in [2.45, 2.75) is 38.5 Å². The van der Waals surface area contributed by atoms with E-state index in [0.29, 0.717) is 38.6 Å². The van der Waals surface area contributed by atoms with Crippen LogP contribution in [0.5, 0.6) is 0 Å². The van der Waals surface area contributed by atoms with Crippen LogP contribution in [0.4, 0.5) is 5.69 Å². The molecular formula is C17H22N2O4. The fourth-order valence-electron chi connectivity index (χ4n) is 2.67. The molecule has 6 nitrogen and oxygen atoms in total. The monoisotopic (exact) mass is 318 g/mol. The Bertz CT molecular complexity index is 586. The average molecular weight is 318 g/mol. The van der Waals surface area contributed by atoms with E-state index in [1.165, 1.54) is 0 Å². The number of nitrogens with one attached hydrogen (secondary N) is 2. The number of fused-ring (bicyclic) bond motifs is 1. The summed E-state index contributed by atoms with van der Waals surface area (Å²) in [5.74, 6) is -1.12. The standard InChI is InChI=1S/C17H22N2O4/c20-15(18-10-4-3-7-16(21)22)9-8-13-11-12-5-1-2-6-14(12)19-17(13)23/h1-2,5-6,13H,3-4,7-11H2,(H,18,20)(H,19,23)(H,21,22). The first kappa shape index (κ1) is 17.0. The van der Waals surface area contributed by atoms with Crippen molar-refractivity contribution in [1.29, 1.82) is 0 Å². The van der Waals surface area contributed by atoms with Crippen molar-refractivity contribution in [1.82, 2.24) is 5.32 Å². The van der Waals surface area contributed by atoms with Gasteiger partial charge in [0.15, 0.2) is 0 Å². The summed E-state index contributed by atoms with van der Waals surface area (Å²) in [5, 5.41) is 14.2. The minimum Gasteiger partial charge on any atom is -0.481 e. The maximum absolute atomic E-state index is 12.0. The molecule has 0 radical (unpaired) electrons. The fourth-order valence-corrected chi connectivity index (χ4v) is 2.67. The molecule has 3 N–H and O–H groups in total. The lowest BCUT2D eigenvalue weighted by atomic mass is 9.89. The first-order valence-corrected chi connectivity index (χ1v) is 7.93. The first-order chi connectivity index (χ1) is 11.1. The second-order valence-corrected chi connectivity index (χ2v) is 5.79. The van der Waals surface area contributed by atoms with Crippen LogP contribution < -0.4 is 10.6 Å². The molecule has 1 atom stereocenters. The van der Waals surface area contributed by atoms with Gasteiger partial charge < -0.3 is 15.7 Å². The largest absolute Gasteiger partial charge is 0.481 e. The third-order valence-electron chi connectivity index (χ3n) is 3.97. The summed E-state index contributed by atoms with van der Waals surface area (Å²) in [6.45, 7) is 0.478. The molecule has 1 heterocycles. The number of anilines is 1. The molecule has 0 fully saturated rings. The van der Waals surface area contributed by atoms with Crippen LogP contribution in [-0.2, 0) is 20.8 Å². The topological polar surface area (TPSA) is 95.5 Å². The second kappa shape index (κ2) is 8.31. The molecular weight excluding hydrogens is 296 g/mol.